The molecule has 1 amide bonds. The van der Waals surface area contributed by atoms with Gasteiger partial charge in [0.1, 0.15) is 6.33 Å². The van der Waals surface area contributed by atoms with Crippen LogP contribution in [0, 0.1) is 5.92 Å². The summed E-state index contributed by atoms with van der Waals surface area (Å²) in [5.74, 6) is 0.772. The standard InChI is InChI=1S/C23H28N4O2/c28-13-20-21(18-6-2-1-3-7-18)23(27(20)12-17-10-24-16-25-11-17)14-26(15-23)22(29)19-8-4-5-9-19/h1-3,6-7,10-11,16,19-21,28H,4-5,8-9,12-15H2/t20-,21+/m1/s1. The minimum Gasteiger partial charge on any atom is -0.395 e. The van der Waals surface area contributed by atoms with Crippen molar-refractivity contribution in [2.24, 2.45) is 5.92 Å². The first-order valence-corrected chi connectivity index (χ1v) is 10.7. The van der Waals surface area contributed by atoms with Gasteiger partial charge in [0.2, 0.25) is 5.91 Å². The van der Waals surface area contributed by atoms with E-state index in [4.69, 9.17) is 0 Å². The number of rotatable bonds is 5. The van der Waals surface area contributed by atoms with E-state index < -0.39 is 0 Å². The molecule has 0 radical (unpaired) electrons. The molecule has 1 aromatic carbocycles. The minimum absolute atomic E-state index is 0.0429. The van der Waals surface area contributed by atoms with Crippen LogP contribution in [0.3, 0.4) is 0 Å². The van der Waals surface area contributed by atoms with Gasteiger partial charge in [-0.15, -0.1) is 0 Å². The summed E-state index contributed by atoms with van der Waals surface area (Å²) >= 11 is 0. The molecule has 1 saturated carbocycles. The van der Waals surface area contributed by atoms with Crippen LogP contribution in [0.15, 0.2) is 49.1 Å². The summed E-state index contributed by atoms with van der Waals surface area (Å²) in [6.07, 6.45) is 9.64. The molecule has 2 atom stereocenters. The summed E-state index contributed by atoms with van der Waals surface area (Å²) in [6.45, 7) is 2.28. The number of benzene rings is 1. The van der Waals surface area contributed by atoms with Crippen molar-refractivity contribution >= 4 is 5.91 Å². The molecule has 1 aliphatic carbocycles. The smallest absolute Gasteiger partial charge is 0.225 e. The quantitative estimate of drug-likeness (QED) is 0.845. The number of aromatic nitrogens is 2. The van der Waals surface area contributed by atoms with E-state index in [0.717, 1.165) is 31.5 Å². The van der Waals surface area contributed by atoms with Crippen LogP contribution in [-0.4, -0.2) is 62.1 Å². The van der Waals surface area contributed by atoms with E-state index in [1.807, 2.05) is 23.4 Å². The fourth-order valence-electron chi connectivity index (χ4n) is 5.82. The second-order valence-corrected chi connectivity index (χ2v) is 8.79. The molecule has 3 fully saturated rings. The third kappa shape index (κ3) is 3.06. The molecule has 1 aromatic heterocycles. The van der Waals surface area contributed by atoms with E-state index in [1.54, 1.807) is 0 Å². The number of carbonyl (C=O) groups excluding carboxylic acids is 1. The summed E-state index contributed by atoms with van der Waals surface area (Å²) < 4.78 is 0. The maximum Gasteiger partial charge on any atom is 0.225 e. The highest BCUT2D eigenvalue weighted by Gasteiger charge is 2.66. The lowest BCUT2D eigenvalue weighted by Crippen LogP contribution is -2.84. The molecule has 0 unspecified atom stereocenters. The molecule has 2 aromatic rings. The lowest BCUT2D eigenvalue weighted by molar-refractivity contribution is -0.202. The van der Waals surface area contributed by atoms with Crippen LogP contribution in [0.2, 0.25) is 0 Å². The third-order valence-electron chi connectivity index (χ3n) is 7.19. The zero-order valence-corrected chi connectivity index (χ0v) is 16.7. The van der Waals surface area contributed by atoms with E-state index in [1.165, 1.54) is 24.7 Å². The van der Waals surface area contributed by atoms with E-state index in [-0.39, 0.29) is 30.0 Å². The average molecular weight is 393 g/mol. The van der Waals surface area contributed by atoms with Gasteiger partial charge in [-0.3, -0.25) is 9.69 Å². The molecule has 29 heavy (non-hydrogen) atoms. The molecular formula is C23H28N4O2. The zero-order valence-electron chi connectivity index (χ0n) is 16.7. The summed E-state index contributed by atoms with van der Waals surface area (Å²) in [6, 6.07) is 10.5. The van der Waals surface area contributed by atoms with Crippen molar-refractivity contribution in [2.45, 2.75) is 49.7 Å². The Morgan fingerprint density at radius 1 is 1.10 bits per heavy atom. The van der Waals surface area contributed by atoms with E-state index in [9.17, 15) is 9.90 Å². The molecule has 6 nitrogen and oxygen atoms in total. The SMILES string of the molecule is O=C(C1CCCC1)N1CC2(C1)[C@@H](c1ccccc1)[C@@H](CO)N2Cc1cncnc1. The van der Waals surface area contributed by atoms with Gasteiger partial charge in [0.05, 0.1) is 12.1 Å². The topological polar surface area (TPSA) is 69.6 Å². The molecule has 2 saturated heterocycles. The lowest BCUT2D eigenvalue weighted by Gasteiger charge is -2.71. The van der Waals surface area contributed by atoms with E-state index >= 15 is 0 Å². The number of hydrogen-bond donors (Lipinski definition) is 1. The summed E-state index contributed by atoms with van der Waals surface area (Å²) in [7, 11) is 0. The van der Waals surface area contributed by atoms with Crippen LogP contribution in [0.4, 0.5) is 0 Å². The Bertz CT molecular complexity index is 848. The number of nitrogens with zero attached hydrogens (tertiary/aromatic N) is 4. The maximum absolute atomic E-state index is 13.0. The van der Waals surface area contributed by atoms with Gasteiger partial charge in [0.25, 0.3) is 0 Å². The van der Waals surface area contributed by atoms with Crippen LogP contribution in [0.25, 0.3) is 0 Å². The van der Waals surface area contributed by atoms with Crippen LogP contribution in [0.1, 0.15) is 42.7 Å². The summed E-state index contributed by atoms with van der Waals surface area (Å²) in [5.41, 5.74) is 2.18. The number of aliphatic hydroxyl groups excluding tert-OH is 1. The van der Waals surface area contributed by atoms with Crippen molar-refractivity contribution in [2.75, 3.05) is 19.7 Å². The van der Waals surface area contributed by atoms with Gasteiger partial charge in [0.15, 0.2) is 0 Å². The van der Waals surface area contributed by atoms with Crippen molar-refractivity contribution in [3.05, 3.63) is 60.2 Å². The molecule has 5 rings (SSSR count). The molecule has 6 heteroatoms. The predicted molar refractivity (Wildman–Crippen MR) is 109 cm³/mol. The molecule has 152 valence electrons. The monoisotopic (exact) mass is 392 g/mol. The van der Waals surface area contributed by atoms with Gasteiger partial charge in [-0.2, -0.15) is 0 Å². The zero-order chi connectivity index (χ0) is 19.8. The molecule has 0 bridgehead atoms. The number of carbonyl (C=O) groups is 1. The van der Waals surface area contributed by atoms with Crippen molar-refractivity contribution in [1.29, 1.82) is 0 Å². The Hall–Kier alpha value is -2.31. The van der Waals surface area contributed by atoms with Gasteiger partial charge in [-0.25, -0.2) is 9.97 Å². The average Bonchev–Trinajstić information content (AvgIpc) is 3.26. The second-order valence-electron chi connectivity index (χ2n) is 8.79. The van der Waals surface area contributed by atoms with Crippen molar-refractivity contribution in [1.82, 2.24) is 19.8 Å². The molecule has 3 heterocycles. The predicted octanol–water partition coefficient (Wildman–Crippen LogP) is 2.21. The summed E-state index contributed by atoms with van der Waals surface area (Å²) in [4.78, 5) is 25.7. The van der Waals surface area contributed by atoms with Gasteiger partial charge >= 0.3 is 0 Å². The first kappa shape index (κ1) is 18.7. The van der Waals surface area contributed by atoms with E-state index in [2.05, 4.69) is 39.1 Å². The van der Waals surface area contributed by atoms with Gasteiger partial charge in [0, 0.05) is 55.5 Å². The van der Waals surface area contributed by atoms with Crippen LogP contribution < -0.4 is 0 Å². The highest BCUT2D eigenvalue weighted by atomic mass is 16.3. The molecule has 1 spiro atoms. The Labute approximate surface area is 171 Å². The van der Waals surface area contributed by atoms with Gasteiger partial charge in [-0.1, -0.05) is 43.2 Å². The number of amides is 1. The lowest BCUT2D eigenvalue weighted by atomic mass is 9.60. The van der Waals surface area contributed by atoms with E-state index in [0.29, 0.717) is 12.5 Å². The highest BCUT2D eigenvalue weighted by Crippen LogP contribution is 2.54. The second kappa shape index (κ2) is 7.50. The number of likely N-dealkylation sites (tertiary alicyclic amines) is 2. The van der Waals surface area contributed by atoms with Crippen molar-refractivity contribution < 1.29 is 9.90 Å². The fourth-order valence-corrected chi connectivity index (χ4v) is 5.82. The molecule has 1 N–H and O–H groups in total. The highest BCUT2D eigenvalue weighted by molar-refractivity contribution is 5.80. The summed E-state index contributed by atoms with van der Waals surface area (Å²) in [5, 5.41) is 10.2. The Kier molecular flexibility index (Phi) is 4.84. The van der Waals surface area contributed by atoms with Crippen LogP contribution in [0.5, 0.6) is 0 Å². The number of hydrogen-bond acceptors (Lipinski definition) is 5. The normalized spacial score (nSPS) is 26.3. The third-order valence-corrected chi connectivity index (χ3v) is 7.19. The molecule has 2 aliphatic heterocycles. The molecular weight excluding hydrogens is 364 g/mol. The fraction of sp³-hybridized carbons (Fsp3) is 0.522. The maximum atomic E-state index is 13.0. The molecule has 3 aliphatic rings. The number of aliphatic hydroxyl groups is 1. The Morgan fingerprint density at radius 2 is 1.79 bits per heavy atom. The van der Waals surface area contributed by atoms with Crippen LogP contribution >= 0.6 is 0 Å². The van der Waals surface area contributed by atoms with Crippen LogP contribution in [-0.2, 0) is 11.3 Å². The first-order chi connectivity index (χ1) is 14.2. The minimum atomic E-state index is -0.112. The Morgan fingerprint density at radius 3 is 2.45 bits per heavy atom. The van der Waals surface area contributed by atoms with Gasteiger partial charge in [-0.05, 0) is 18.4 Å². The van der Waals surface area contributed by atoms with Crippen molar-refractivity contribution in [3.8, 4) is 0 Å². The van der Waals surface area contributed by atoms with Crippen molar-refractivity contribution in [3.63, 3.8) is 0 Å². The first-order valence-electron chi connectivity index (χ1n) is 10.7. The largest absolute Gasteiger partial charge is 0.395 e. The Balaban J connectivity index is 1.41. The van der Waals surface area contributed by atoms with Gasteiger partial charge < -0.3 is 10.0 Å².